The minimum Gasteiger partial charge on any atom is -0.408 e. The Hall–Kier alpha value is -2.74. The number of hydrogen-bond acceptors (Lipinski definition) is 4. The van der Waals surface area contributed by atoms with Gasteiger partial charge in [0, 0.05) is 6.54 Å². The Morgan fingerprint density at radius 3 is 2.56 bits per heavy atom. The molecule has 0 amide bonds. The maximum absolute atomic E-state index is 12.3. The summed E-state index contributed by atoms with van der Waals surface area (Å²) in [5.41, 5.74) is 2.67. The number of nitrogens with one attached hydrogen (secondary N) is 1. The maximum atomic E-state index is 12.3. The number of benzene rings is 2. The summed E-state index contributed by atoms with van der Waals surface area (Å²) >= 11 is 0. The van der Waals surface area contributed by atoms with Gasteiger partial charge in [-0.3, -0.25) is 4.57 Å². The molecule has 142 valence electrons. The van der Waals surface area contributed by atoms with Crippen LogP contribution in [0.4, 0.5) is 13.2 Å². The van der Waals surface area contributed by atoms with Crippen molar-refractivity contribution < 1.29 is 22.3 Å². The van der Waals surface area contributed by atoms with Gasteiger partial charge in [-0.2, -0.15) is 0 Å². The number of nitrogens with zero attached hydrogens (tertiary/aromatic N) is 1. The fourth-order valence-electron chi connectivity index (χ4n) is 3.39. The Bertz CT molecular complexity index is 1000. The Morgan fingerprint density at radius 2 is 1.89 bits per heavy atom. The maximum Gasteiger partial charge on any atom is 0.573 e. The molecule has 4 rings (SSSR count). The summed E-state index contributed by atoms with van der Waals surface area (Å²) < 4.78 is 47.7. The standard InChI is InChI=1S/C19H17F3N2O3/c20-19(21,22)27-15-4-1-13(2-5-15)14-3-6-17-16(9-14)24(18(25)26-17)11-12-7-8-23-10-12/h1-6,9,12,23H,7-8,10-11H2/t12-/m0/s1. The first-order chi connectivity index (χ1) is 12.9. The number of hydrogen-bond donors (Lipinski definition) is 1. The van der Waals surface area contributed by atoms with Gasteiger partial charge in [-0.1, -0.05) is 18.2 Å². The molecule has 1 fully saturated rings. The fourth-order valence-corrected chi connectivity index (χ4v) is 3.39. The fraction of sp³-hybridized carbons (Fsp3) is 0.316. The van der Waals surface area contributed by atoms with Crippen LogP contribution >= 0.6 is 0 Å². The van der Waals surface area contributed by atoms with E-state index in [0.717, 1.165) is 25.1 Å². The van der Waals surface area contributed by atoms with Crippen molar-refractivity contribution in [2.45, 2.75) is 19.3 Å². The van der Waals surface area contributed by atoms with Gasteiger partial charge in [-0.05, 0) is 60.8 Å². The Balaban J connectivity index is 1.65. The molecular weight excluding hydrogens is 361 g/mol. The van der Waals surface area contributed by atoms with E-state index in [-0.39, 0.29) is 5.75 Å². The molecule has 0 aliphatic carbocycles. The molecule has 0 saturated carbocycles. The van der Waals surface area contributed by atoms with Crippen molar-refractivity contribution in [2.75, 3.05) is 13.1 Å². The molecule has 1 aliphatic rings. The highest BCUT2D eigenvalue weighted by Gasteiger charge is 2.31. The van der Waals surface area contributed by atoms with Gasteiger partial charge in [0.2, 0.25) is 0 Å². The second-order valence-corrected chi connectivity index (χ2v) is 6.59. The highest BCUT2D eigenvalue weighted by atomic mass is 19.4. The number of alkyl halides is 3. The van der Waals surface area contributed by atoms with Crippen LogP contribution in [-0.4, -0.2) is 24.0 Å². The molecule has 3 aromatic rings. The lowest BCUT2D eigenvalue weighted by Crippen LogP contribution is -2.21. The summed E-state index contributed by atoms with van der Waals surface area (Å²) in [7, 11) is 0. The molecular formula is C19H17F3N2O3. The van der Waals surface area contributed by atoms with Gasteiger partial charge in [0.25, 0.3) is 0 Å². The number of oxazole rings is 1. The first-order valence-electron chi connectivity index (χ1n) is 8.59. The van der Waals surface area contributed by atoms with Crippen molar-refractivity contribution in [3.05, 3.63) is 53.0 Å². The van der Waals surface area contributed by atoms with Crippen LogP contribution in [0.5, 0.6) is 5.75 Å². The van der Waals surface area contributed by atoms with E-state index in [4.69, 9.17) is 4.42 Å². The second-order valence-electron chi connectivity index (χ2n) is 6.59. The van der Waals surface area contributed by atoms with Crippen LogP contribution < -0.4 is 15.8 Å². The van der Waals surface area contributed by atoms with Crippen LogP contribution in [0.15, 0.2) is 51.7 Å². The average molecular weight is 378 g/mol. The van der Waals surface area contributed by atoms with Gasteiger partial charge >= 0.3 is 12.1 Å². The third-order valence-corrected chi connectivity index (χ3v) is 4.69. The summed E-state index contributed by atoms with van der Waals surface area (Å²) in [5.74, 6) is -0.310. The molecule has 1 atom stereocenters. The van der Waals surface area contributed by atoms with Crippen LogP contribution in [0.3, 0.4) is 0 Å². The van der Waals surface area contributed by atoms with Crippen LogP contribution in [0.1, 0.15) is 6.42 Å². The highest BCUT2D eigenvalue weighted by molar-refractivity contribution is 5.80. The van der Waals surface area contributed by atoms with Gasteiger partial charge in [-0.25, -0.2) is 4.79 Å². The summed E-state index contributed by atoms with van der Waals surface area (Å²) in [5, 5.41) is 3.27. The van der Waals surface area contributed by atoms with E-state index in [1.54, 1.807) is 28.8 Å². The van der Waals surface area contributed by atoms with Crippen molar-refractivity contribution >= 4 is 11.1 Å². The van der Waals surface area contributed by atoms with Gasteiger partial charge in [0.15, 0.2) is 5.58 Å². The molecule has 0 bridgehead atoms. The predicted molar refractivity (Wildman–Crippen MR) is 93.6 cm³/mol. The number of halogens is 3. The Morgan fingerprint density at radius 1 is 1.15 bits per heavy atom. The van der Waals surface area contributed by atoms with E-state index in [2.05, 4.69) is 10.1 Å². The number of rotatable bonds is 4. The van der Waals surface area contributed by atoms with E-state index in [9.17, 15) is 18.0 Å². The third kappa shape index (κ3) is 3.85. The molecule has 0 spiro atoms. The summed E-state index contributed by atoms with van der Waals surface area (Å²) in [6.07, 6.45) is -3.72. The van der Waals surface area contributed by atoms with Crippen molar-refractivity contribution in [1.82, 2.24) is 9.88 Å². The van der Waals surface area contributed by atoms with Crippen LogP contribution in [-0.2, 0) is 6.54 Å². The zero-order chi connectivity index (χ0) is 19.0. The quantitative estimate of drug-likeness (QED) is 0.751. The molecule has 1 saturated heterocycles. The second kappa shape index (κ2) is 6.77. The lowest BCUT2D eigenvalue weighted by Gasteiger charge is -2.10. The summed E-state index contributed by atoms with van der Waals surface area (Å²) in [6.45, 7) is 2.37. The summed E-state index contributed by atoms with van der Waals surface area (Å²) in [6, 6.07) is 10.9. The van der Waals surface area contributed by atoms with Crippen molar-refractivity contribution in [3.8, 4) is 16.9 Å². The van der Waals surface area contributed by atoms with E-state index in [1.165, 1.54) is 12.1 Å². The molecule has 2 aromatic carbocycles. The first-order valence-corrected chi connectivity index (χ1v) is 8.59. The summed E-state index contributed by atoms with van der Waals surface area (Å²) in [4.78, 5) is 12.2. The molecule has 8 heteroatoms. The molecule has 1 aromatic heterocycles. The molecule has 2 heterocycles. The number of ether oxygens (including phenoxy) is 1. The van der Waals surface area contributed by atoms with Gasteiger partial charge in [0.1, 0.15) is 5.75 Å². The number of aromatic nitrogens is 1. The molecule has 1 N–H and O–H groups in total. The third-order valence-electron chi connectivity index (χ3n) is 4.69. The van der Waals surface area contributed by atoms with Crippen molar-refractivity contribution in [3.63, 3.8) is 0 Å². The lowest BCUT2D eigenvalue weighted by molar-refractivity contribution is -0.274. The molecule has 0 radical (unpaired) electrons. The minimum absolute atomic E-state index is 0.277. The van der Waals surface area contributed by atoms with E-state index < -0.39 is 12.1 Å². The molecule has 27 heavy (non-hydrogen) atoms. The highest BCUT2D eigenvalue weighted by Crippen LogP contribution is 2.28. The largest absolute Gasteiger partial charge is 0.573 e. The molecule has 5 nitrogen and oxygen atoms in total. The predicted octanol–water partition coefficient (Wildman–Crippen LogP) is 3.77. The zero-order valence-electron chi connectivity index (χ0n) is 14.3. The van der Waals surface area contributed by atoms with Crippen LogP contribution in [0, 0.1) is 5.92 Å². The molecule has 1 aliphatic heterocycles. The SMILES string of the molecule is O=c1oc2ccc(-c3ccc(OC(F)(F)F)cc3)cc2n1C[C@H]1CCNC1. The van der Waals surface area contributed by atoms with Gasteiger partial charge in [0.05, 0.1) is 5.52 Å². The zero-order valence-corrected chi connectivity index (χ0v) is 14.3. The van der Waals surface area contributed by atoms with Gasteiger partial charge in [-0.15, -0.1) is 13.2 Å². The normalized spacial score (nSPS) is 17.5. The topological polar surface area (TPSA) is 56.4 Å². The van der Waals surface area contributed by atoms with E-state index in [1.807, 2.05) is 6.07 Å². The first kappa shape index (κ1) is 17.7. The number of fused-ring (bicyclic) bond motifs is 1. The molecule has 0 unspecified atom stereocenters. The Kier molecular flexibility index (Phi) is 4.43. The smallest absolute Gasteiger partial charge is 0.408 e. The minimum atomic E-state index is -4.72. The van der Waals surface area contributed by atoms with Gasteiger partial charge < -0.3 is 14.5 Å². The van der Waals surface area contributed by atoms with E-state index in [0.29, 0.717) is 29.1 Å². The lowest BCUT2D eigenvalue weighted by atomic mass is 10.0. The average Bonchev–Trinajstić information content (AvgIpc) is 3.23. The van der Waals surface area contributed by atoms with Crippen molar-refractivity contribution in [2.24, 2.45) is 5.92 Å². The monoisotopic (exact) mass is 378 g/mol. The van der Waals surface area contributed by atoms with Crippen molar-refractivity contribution in [1.29, 1.82) is 0 Å². The Labute approximate surface area is 152 Å². The van der Waals surface area contributed by atoms with Crippen LogP contribution in [0.2, 0.25) is 0 Å². The van der Waals surface area contributed by atoms with Crippen LogP contribution in [0.25, 0.3) is 22.2 Å². The van der Waals surface area contributed by atoms with E-state index >= 15 is 0 Å².